The molecule has 7 heteroatoms. The monoisotopic (exact) mass is 454 g/mol. The standard InChI is InChI=1S/C26H34N2O5/c1-25-19(11-26(33-25)23(30)8-14(12-29)32-26)16-9-22-24-17(10-21(27(22)2)18(16)13-31-25)15-6-4-5-7-20(15)28(24)3/h4-7,14,16,18-19,21-23,29-30H,8-13H2,1-3H3/t14-,16-,18-,19+,21+,22+,23-,25+,26-/m1/s1. The van der Waals surface area contributed by atoms with Gasteiger partial charge in [0.25, 0.3) is 0 Å². The van der Waals surface area contributed by atoms with Crippen LogP contribution in [0.25, 0.3) is 10.9 Å². The molecule has 1 aromatic carbocycles. The molecule has 4 saturated heterocycles. The molecule has 0 radical (unpaired) electrons. The highest BCUT2D eigenvalue weighted by molar-refractivity contribution is 5.86. The lowest BCUT2D eigenvalue weighted by Crippen LogP contribution is -2.60. The van der Waals surface area contributed by atoms with Crippen molar-refractivity contribution in [3.05, 3.63) is 35.5 Å². The highest BCUT2D eigenvalue weighted by Crippen LogP contribution is 2.60. The van der Waals surface area contributed by atoms with E-state index in [-0.39, 0.29) is 18.6 Å². The van der Waals surface area contributed by atoms with E-state index in [1.165, 1.54) is 22.2 Å². The Morgan fingerprint density at radius 1 is 1.15 bits per heavy atom. The second-order valence-corrected chi connectivity index (χ2v) is 11.2. The first-order chi connectivity index (χ1) is 15.8. The van der Waals surface area contributed by atoms with Gasteiger partial charge in [-0.05, 0) is 44.4 Å². The average molecular weight is 455 g/mol. The topological polar surface area (TPSA) is 76.3 Å². The normalized spacial score (nSPS) is 46.5. The van der Waals surface area contributed by atoms with Gasteiger partial charge in [-0.15, -0.1) is 0 Å². The van der Waals surface area contributed by atoms with Crippen LogP contribution in [0, 0.1) is 17.8 Å². The molecule has 2 N–H and O–H groups in total. The van der Waals surface area contributed by atoms with Gasteiger partial charge in [-0.2, -0.15) is 0 Å². The molecule has 6 heterocycles. The number of benzene rings is 1. The van der Waals surface area contributed by atoms with Crippen molar-refractivity contribution in [1.29, 1.82) is 0 Å². The summed E-state index contributed by atoms with van der Waals surface area (Å²) in [5, 5.41) is 21.9. The summed E-state index contributed by atoms with van der Waals surface area (Å²) in [6.45, 7) is 2.59. The number of nitrogens with zero attached hydrogens (tertiary/aromatic N) is 2. The Morgan fingerprint density at radius 2 is 1.97 bits per heavy atom. The lowest BCUT2D eigenvalue weighted by molar-refractivity contribution is -0.347. The Bertz CT molecular complexity index is 1120. The number of aromatic nitrogens is 1. The smallest absolute Gasteiger partial charge is 0.198 e. The molecule has 5 aliphatic heterocycles. The fraction of sp³-hybridized carbons (Fsp3) is 0.692. The molecule has 5 aliphatic rings. The molecule has 7 nitrogen and oxygen atoms in total. The predicted molar refractivity (Wildman–Crippen MR) is 121 cm³/mol. The van der Waals surface area contributed by atoms with E-state index in [0.29, 0.717) is 43.4 Å². The van der Waals surface area contributed by atoms with Gasteiger partial charge in [-0.25, -0.2) is 0 Å². The molecule has 33 heavy (non-hydrogen) atoms. The maximum atomic E-state index is 10.9. The molecule has 9 atom stereocenters. The van der Waals surface area contributed by atoms with Crippen LogP contribution >= 0.6 is 0 Å². The molecule has 2 aromatic rings. The van der Waals surface area contributed by atoms with E-state index in [2.05, 4.69) is 47.8 Å². The zero-order valence-electron chi connectivity index (χ0n) is 19.6. The molecule has 178 valence electrons. The van der Waals surface area contributed by atoms with Crippen LogP contribution < -0.4 is 0 Å². The highest BCUT2D eigenvalue weighted by atomic mass is 16.8. The second kappa shape index (κ2) is 6.80. The Labute approximate surface area is 194 Å². The highest BCUT2D eigenvalue weighted by Gasteiger charge is 2.67. The zero-order chi connectivity index (χ0) is 22.7. The molecule has 7 rings (SSSR count). The number of hydrogen-bond acceptors (Lipinski definition) is 6. The fourth-order valence-electron chi connectivity index (χ4n) is 8.17. The van der Waals surface area contributed by atoms with Crippen LogP contribution in [0.4, 0.5) is 0 Å². The maximum Gasteiger partial charge on any atom is 0.198 e. The first-order valence-electron chi connectivity index (χ1n) is 12.4. The SMILES string of the molecule is CN1[C@H]2C[C@@H]3[C@@H](CO[C@@]4(C)O[C@@]5(C[C@@H]34)O[C@@H](CO)C[C@H]5O)[C@@H]1Cc1c2n(C)c2ccccc12. The number of para-hydroxylation sites is 1. The number of fused-ring (bicyclic) bond motifs is 10. The van der Waals surface area contributed by atoms with Crippen molar-refractivity contribution >= 4 is 10.9 Å². The van der Waals surface area contributed by atoms with Crippen LogP contribution in [0.3, 0.4) is 0 Å². The van der Waals surface area contributed by atoms with Crippen molar-refractivity contribution in [3.8, 4) is 0 Å². The van der Waals surface area contributed by atoms with Crippen molar-refractivity contribution in [3.63, 3.8) is 0 Å². The summed E-state index contributed by atoms with van der Waals surface area (Å²) >= 11 is 0. The van der Waals surface area contributed by atoms with Crippen LogP contribution in [0.5, 0.6) is 0 Å². The van der Waals surface area contributed by atoms with Gasteiger partial charge in [0.15, 0.2) is 11.6 Å². The van der Waals surface area contributed by atoms with Gasteiger partial charge < -0.3 is 29.0 Å². The summed E-state index contributed by atoms with van der Waals surface area (Å²) in [6, 6.07) is 9.56. The van der Waals surface area contributed by atoms with E-state index in [0.717, 1.165) is 12.8 Å². The Hall–Kier alpha value is -1.48. The third kappa shape index (κ3) is 2.61. The van der Waals surface area contributed by atoms with E-state index in [4.69, 9.17) is 14.2 Å². The predicted octanol–water partition coefficient (Wildman–Crippen LogP) is 2.33. The van der Waals surface area contributed by atoms with Gasteiger partial charge in [0, 0.05) is 54.4 Å². The van der Waals surface area contributed by atoms with E-state index in [1.807, 2.05) is 6.92 Å². The Morgan fingerprint density at radius 3 is 2.76 bits per heavy atom. The van der Waals surface area contributed by atoms with E-state index in [1.54, 1.807) is 0 Å². The molecular formula is C26H34N2O5. The lowest BCUT2D eigenvalue weighted by atomic mass is 9.63. The first-order valence-corrected chi connectivity index (χ1v) is 12.4. The minimum Gasteiger partial charge on any atom is -0.394 e. The molecule has 0 amide bonds. The number of rotatable bonds is 1. The number of ether oxygens (including phenoxy) is 3. The van der Waals surface area contributed by atoms with Gasteiger partial charge in [-0.1, -0.05) is 18.2 Å². The second-order valence-electron chi connectivity index (χ2n) is 11.2. The van der Waals surface area contributed by atoms with Gasteiger partial charge in [0.1, 0.15) is 6.10 Å². The summed E-state index contributed by atoms with van der Waals surface area (Å²) in [7, 11) is 4.49. The van der Waals surface area contributed by atoms with Crippen molar-refractivity contribution in [2.75, 3.05) is 20.3 Å². The van der Waals surface area contributed by atoms with Crippen LogP contribution in [0.2, 0.25) is 0 Å². The van der Waals surface area contributed by atoms with Gasteiger partial charge in [-0.3, -0.25) is 4.90 Å². The summed E-state index contributed by atoms with van der Waals surface area (Å²) in [6.07, 6.45) is 1.99. The number of aliphatic hydroxyl groups is 2. The fourth-order valence-corrected chi connectivity index (χ4v) is 8.17. The van der Waals surface area contributed by atoms with E-state index in [9.17, 15) is 10.2 Å². The summed E-state index contributed by atoms with van der Waals surface area (Å²) < 4.78 is 21.5. The third-order valence-corrected chi connectivity index (χ3v) is 9.74. The number of likely N-dealkylation sites (N-methyl/N-ethyl adjacent to an activating group) is 1. The first kappa shape index (κ1) is 20.9. The Balaban J connectivity index is 1.28. The lowest BCUT2D eigenvalue weighted by Gasteiger charge is -2.57. The van der Waals surface area contributed by atoms with Crippen LogP contribution in [-0.4, -0.2) is 69.8 Å². The van der Waals surface area contributed by atoms with Crippen molar-refractivity contribution in [2.24, 2.45) is 24.8 Å². The summed E-state index contributed by atoms with van der Waals surface area (Å²) in [4.78, 5) is 2.59. The third-order valence-electron chi connectivity index (χ3n) is 9.74. The zero-order valence-corrected chi connectivity index (χ0v) is 19.6. The number of aliphatic hydroxyl groups excluding tert-OH is 2. The van der Waals surface area contributed by atoms with E-state index >= 15 is 0 Å². The molecular weight excluding hydrogens is 420 g/mol. The number of aryl methyl sites for hydroxylation is 1. The maximum absolute atomic E-state index is 10.9. The quantitative estimate of drug-likeness (QED) is 0.689. The molecule has 0 aliphatic carbocycles. The molecule has 1 spiro atoms. The van der Waals surface area contributed by atoms with Crippen LogP contribution in [-0.2, 0) is 27.7 Å². The number of hydrogen-bond donors (Lipinski definition) is 2. The van der Waals surface area contributed by atoms with Crippen molar-refractivity contribution in [1.82, 2.24) is 9.47 Å². The average Bonchev–Trinajstić information content (AvgIpc) is 3.38. The number of piperidine rings is 1. The molecule has 4 fully saturated rings. The van der Waals surface area contributed by atoms with E-state index < -0.39 is 17.7 Å². The molecule has 1 aromatic heterocycles. The molecule has 0 unspecified atom stereocenters. The Kier molecular flexibility index (Phi) is 4.30. The largest absolute Gasteiger partial charge is 0.394 e. The van der Waals surface area contributed by atoms with Crippen molar-refractivity contribution < 1.29 is 24.4 Å². The van der Waals surface area contributed by atoms with Gasteiger partial charge in [0.2, 0.25) is 0 Å². The van der Waals surface area contributed by atoms with Gasteiger partial charge >= 0.3 is 0 Å². The molecule has 2 bridgehead atoms. The summed E-state index contributed by atoms with van der Waals surface area (Å²) in [5.41, 5.74) is 4.27. The minimum atomic E-state index is -1.06. The van der Waals surface area contributed by atoms with Crippen LogP contribution in [0.1, 0.15) is 43.5 Å². The van der Waals surface area contributed by atoms with Gasteiger partial charge in [0.05, 0.1) is 25.4 Å². The molecule has 0 saturated carbocycles. The van der Waals surface area contributed by atoms with Crippen LogP contribution in [0.15, 0.2) is 24.3 Å². The van der Waals surface area contributed by atoms with Crippen molar-refractivity contribution in [2.45, 2.75) is 68.5 Å². The summed E-state index contributed by atoms with van der Waals surface area (Å²) in [5.74, 6) is -0.825. The minimum absolute atomic E-state index is 0.102.